The number of ether oxygens (including phenoxy) is 1. The van der Waals surface area contributed by atoms with E-state index < -0.39 is 17.8 Å². The number of fused-ring (bicyclic) bond motifs is 1. The monoisotopic (exact) mass is 474 g/mol. The molecule has 3 aliphatic carbocycles. The molecule has 3 saturated carbocycles. The molecule has 192 valence electrons. The zero-order valence-electron chi connectivity index (χ0n) is 21.8. The zero-order valence-corrected chi connectivity index (χ0v) is 21.8. The number of aliphatic hydroxyl groups is 3. The molecule has 3 N–H and O–H groups in total. The molecule has 0 aromatic carbocycles. The molecule has 0 saturated heterocycles. The van der Waals surface area contributed by atoms with Gasteiger partial charge in [-0.2, -0.15) is 0 Å². The topological polar surface area (TPSA) is 87.0 Å². The van der Waals surface area contributed by atoms with Gasteiger partial charge in [0.05, 0.1) is 17.8 Å². The lowest BCUT2D eigenvalue weighted by Crippen LogP contribution is -2.39. The fraction of sp³-hybridized carbons (Fsp3) is 0.759. The van der Waals surface area contributed by atoms with Gasteiger partial charge in [0.2, 0.25) is 0 Å². The first-order valence-electron chi connectivity index (χ1n) is 13.2. The van der Waals surface area contributed by atoms with Crippen molar-refractivity contribution >= 4 is 5.97 Å². The van der Waals surface area contributed by atoms with Crippen LogP contribution in [0.2, 0.25) is 0 Å². The lowest BCUT2D eigenvalue weighted by Gasteiger charge is -2.44. The fourth-order valence-electron chi connectivity index (χ4n) is 7.12. The molecule has 0 heterocycles. The van der Waals surface area contributed by atoms with Crippen molar-refractivity contribution in [1.82, 2.24) is 0 Å². The quantitative estimate of drug-likeness (QED) is 0.439. The summed E-state index contributed by atoms with van der Waals surface area (Å²) in [6.45, 7) is 13.9. The van der Waals surface area contributed by atoms with E-state index in [2.05, 4.69) is 32.6 Å². The smallest absolute Gasteiger partial charge is 0.302 e. The average Bonchev–Trinajstić information content (AvgIpc) is 2.99. The van der Waals surface area contributed by atoms with Crippen LogP contribution < -0.4 is 0 Å². The van der Waals surface area contributed by atoms with Crippen molar-refractivity contribution in [3.05, 3.63) is 35.5 Å². The summed E-state index contributed by atoms with van der Waals surface area (Å²) in [5.74, 6) is 0.807. The number of hydrogen-bond donors (Lipinski definition) is 3. The van der Waals surface area contributed by atoms with E-state index in [9.17, 15) is 20.1 Å². The predicted molar refractivity (Wildman–Crippen MR) is 135 cm³/mol. The Hall–Kier alpha value is -1.43. The van der Waals surface area contributed by atoms with Crippen molar-refractivity contribution < 1.29 is 24.9 Å². The summed E-state index contributed by atoms with van der Waals surface area (Å²) in [6, 6.07) is 0. The summed E-state index contributed by atoms with van der Waals surface area (Å²) in [5.41, 5.74) is 2.42. The minimum absolute atomic E-state index is 0.0550. The van der Waals surface area contributed by atoms with Crippen molar-refractivity contribution in [2.75, 3.05) is 0 Å². The highest BCUT2D eigenvalue weighted by molar-refractivity contribution is 5.66. The van der Waals surface area contributed by atoms with Crippen LogP contribution in [0.1, 0.15) is 92.4 Å². The standard InChI is InChI=1S/C29H46O5/c1-18(9-7-13-28(4,5)33)27-26(34-20(3)30)17-24-21(10-8-14-29(24,27)6)11-12-22-15-23(31)16-25(32)19(22)2/h11-12,18,23-27,31-33H,2,7-10,13-17H2,1,3-6H3/b21-11+,22-12-/t18-,23-,24+,25+,26-,27+,29+/m1/s1. The molecule has 5 nitrogen and oxygen atoms in total. The second-order valence-electron chi connectivity index (χ2n) is 12.1. The van der Waals surface area contributed by atoms with Crippen LogP contribution in [0.25, 0.3) is 0 Å². The molecule has 0 spiro atoms. The third kappa shape index (κ3) is 6.22. The largest absolute Gasteiger partial charge is 0.462 e. The maximum Gasteiger partial charge on any atom is 0.302 e. The molecule has 34 heavy (non-hydrogen) atoms. The van der Waals surface area contributed by atoms with E-state index in [-0.39, 0.29) is 23.4 Å². The van der Waals surface area contributed by atoms with Gasteiger partial charge in [-0.1, -0.05) is 51.0 Å². The van der Waals surface area contributed by atoms with E-state index in [1.165, 1.54) is 12.5 Å². The van der Waals surface area contributed by atoms with E-state index in [1.54, 1.807) is 0 Å². The first kappa shape index (κ1) is 27.2. The third-order valence-electron chi connectivity index (χ3n) is 8.70. The van der Waals surface area contributed by atoms with Gasteiger partial charge in [-0.25, -0.2) is 0 Å². The van der Waals surface area contributed by atoms with Crippen LogP contribution in [0, 0.1) is 23.2 Å². The molecule has 7 atom stereocenters. The Bertz CT molecular complexity index is 819. The van der Waals surface area contributed by atoms with E-state index >= 15 is 0 Å². The predicted octanol–water partition coefficient (Wildman–Crippen LogP) is 5.25. The molecule has 0 aromatic heterocycles. The lowest BCUT2D eigenvalue weighted by molar-refractivity contribution is -0.150. The number of rotatable bonds is 7. The Morgan fingerprint density at radius 2 is 2.00 bits per heavy atom. The Morgan fingerprint density at radius 3 is 2.65 bits per heavy atom. The van der Waals surface area contributed by atoms with Crippen molar-refractivity contribution in [2.24, 2.45) is 23.2 Å². The number of esters is 1. The number of carbonyl (C=O) groups excluding carboxylic acids is 1. The maximum absolute atomic E-state index is 12.0. The van der Waals surface area contributed by atoms with Crippen molar-refractivity contribution in [1.29, 1.82) is 0 Å². The van der Waals surface area contributed by atoms with Gasteiger partial charge in [0.15, 0.2) is 0 Å². The van der Waals surface area contributed by atoms with Crippen molar-refractivity contribution in [2.45, 2.75) is 116 Å². The van der Waals surface area contributed by atoms with Crippen LogP contribution in [-0.4, -0.2) is 45.2 Å². The van der Waals surface area contributed by atoms with Gasteiger partial charge >= 0.3 is 5.97 Å². The summed E-state index contributed by atoms with van der Waals surface area (Å²) in [6.07, 6.45) is 10.6. The van der Waals surface area contributed by atoms with E-state index in [0.717, 1.165) is 50.5 Å². The highest BCUT2D eigenvalue weighted by Crippen LogP contribution is 2.60. The van der Waals surface area contributed by atoms with Gasteiger partial charge in [0.25, 0.3) is 0 Å². The number of carbonyl (C=O) groups is 1. The number of hydrogen-bond acceptors (Lipinski definition) is 5. The van der Waals surface area contributed by atoms with Crippen molar-refractivity contribution in [3.63, 3.8) is 0 Å². The first-order chi connectivity index (χ1) is 15.8. The SMILES string of the molecule is C=C1/C(=C\C=C2/CCC[C@]3(C)[C@@H]([C@H](C)CCCC(C)(C)O)[C@H](OC(C)=O)C[C@@H]23)C[C@@H](O)C[C@@H]1O. The molecule has 0 aliphatic heterocycles. The molecule has 0 aromatic rings. The lowest BCUT2D eigenvalue weighted by atomic mass is 9.60. The summed E-state index contributed by atoms with van der Waals surface area (Å²) in [7, 11) is 0. The fourth-order valence-corrected chi connectivity index (χ4v) is 7.12. The normalized spacial score (nSPS) is 37.6. The summed E-state index contributed by atoms with van der Waals surface area (Å²) >= 11 is 0. The first-order valence-corrected chi connectivity index (χ1v) is 13.2. The molecule has 0 bridgehead atoms. The zero-order chi connectivity index (χ0) is 25.3. The second kappa shape index (κ2) is 10.7. The number of allylic oxidation sites excluding steroid dienone is 3. The van der Waals surface area contributed by atoms with Crippen LogP contribution in [0.5, 0.6) is 0 Å². The molecule has 0 unspecified atom stereocenters. The highest BCUT2D eigenvalue weighted by Gasteiger charge is 2.56. The second-order valence-corrected chi connectivity index (χ2v) is 12.1. The minimum Gasteiger partial charge on any atom is -0.462 e. The van der Waals surface area contributed by atoms with E-state index in [4.69, 9.17) is 4.74 Å². The Balaban J connectivity index is 1.85. The Kier molecular flexibility index (Phi) is 8.53. The van der Waals surface area contributed by atoms with Crippen LogP contribution in [0.15, 0.2) is 35.5 Å². The summed E-state index contributed by atoms with van der Waals surface area (Å²) < 4.78 is 5.93. The minimum atomic E-state index is -0.682. The van der Waals surface area contributed by atoms with Gasteiger partial charge in [-0.3, -0.25) is 4.79 Å². The number of aliphatic hydroxyl groups excluding tert-OH is 2. The van der Waals surface area contributed by atoms with Gasteiger partial charge in [-0.05, 0) is 80.8 Å². The molecule has 5 heteroatoms. The molecular weight excluding hydrogens is 428 g/mol. The molecule has 0 radical (unpaired) electrons. The summed E-state index contributed by atoms with van der Waals surface area (Å²) in [4.78, 5) is 12.0. The van der Waals surface area contributed by atoms with E-state index in [1.807, 2.05) is 13.8 Å². The molecule has 3 rings (SSSR count). The highest BCUT2D eigenvalue weighted by atomic mass is 16.5. The van der Waals surface area contributed by atoms with Gasteiger partial charge < -0.3 is 20.1 Å². The van der Waals surface area contributed by atoms with Gasteiger partial charge in [-0.15, -0.1) is 0 Å². The molecule has 0 amide bonds. The maximum atomic E-state index is 12.0. The third-order valence-corrected chi connectivity index (χ3v) is 8.70. The van der Waals surface area contributed by atoms with Crippen LogP contribution in [0.4, 0.5) is 0 Å². The average molecular weight is 475 g/mol. The van der Waals surface area contributed by atoms with Gasteiger partial charge in [0, 0.05) is 19.3 Å². The Labute approximate surface area is 206 Å². The molecule has 3 fully saturated rings. The molecule has 3 aliphatic rings. The van der Waals surface area contributed by atoms with Crippen LogP contribution >= 0.6 is 0 Å². The van der Waals surface area contributed by atoms with Gasteiger partial charge in [0.1, 0.15) is 6.10 Å². The van der Waals surface area contributed by atoms with Crippen LogP contribution in [-0.2, 0) is 9.53 Å². The van der Waals surface area contributed by atoms with E-state index in [0.29, 0.717) is 30.3 Å². The molecular formula is C29H46O5. The Morgan fingerprint density at radius 1 is 1.29 bits per heavy atom. The summed E-state index contributed by atoms with van der Waals surface area (Å²) in [5, 5.41) is 30.4. The van der Waals surface area contributed by atoms with Crippen molar-refractivity contribution in [3.8, 4) is 0 Å². The van der Waals surface area contributed by atoms with Crippen LogP contribution in [0.3, 0.4) is 0 Å².